The minimum Gasteiger partial charge on any atom is -0.126 e. The summed E-state index contributed by atoms with van der Waals surface area (Å²) in [5.74, 6) is 0. The Balaban J connectivity index is 2.46. The van der Waals surface area contributed by atoms with Gasteiger partial charge in [0.05, 0.1) is 4.08 Å². The Bertz CT molecular complexity index is 118. The van der Waals surface area contributed by atoms with Crippen molar-refractivity contribution in [3.05, 3.63) is 0 Å². The van der Waals surface area contributed by atoms with Crippen molar-refractivity contribution < 1.29 is 0 Å². The van der Waals surface area contributed by atoms with E-state index in [-0.39, 0.29) is 0 Å². The quantitative estimate of drug-likeness (QED) is 0.642. The molecule has 0 N–H and O–H groups in total. The number of rotatable bonds is 2. The molecule has 0 spiro atoms. The normalized spacial score (nSPS) is 27.6. The SMILES string of the molecule is CSC1(SC)SC(C)(C)S1. The van der Waals surface area contributed by atoms with Crippen molar-refractivity contribution >= 4 is 47.0 Å². The van der Waals surface area contributed by atoms with Gasteiger partial charge in [-0.25, -0.2) is 0 Å². The predicted octanol–water partition coefficient (Wildman–Crippen LogP) is 3.54. The summed E-state index contributed by atoms with van der Waals surface area (Å²) in [5, 5.41) is 0. The first kappa shape index (κ1) is 9.49. The molecule has 10 heavy (non-hydrogen) atoms. The third-order valence-electron chi connectivity index (χ3n) is 1.24. The topological polar surface area (TPSA) is 0 Å². The van der Waals surface area contributed by atoms with Crippen molar-refractivity contribution in [2.75, 3.05) is 12.5 Å². The second-order valence-corrected chi connectivity index (χ2v) is 10.0. The first-order chi connectivity index (χ1) is 4.54. The highest BCUT2D eigenvalue weighted by Gasteiger charge is 2.50. The van der Waals surface area contributed by atoms with Crippen molar-refractivity contribution in [2.45, 2.75) is 20.7 Å². The van der Waals surface area contributed by atoms with Crippen LogP contribution in [0, 0.1) is 0 Å². The van der Waals surface area contributed by atoms with Crippen LogP contribution in [0.3, 0.4) is 0 Å². The van der Waals surface area contributed by atoms with Crippen LogP contribution in [0.4, 0.5) is 0 Å². The molecule has 0 aromatic carbocycles. The summed E-state index contributed by atoms with van der Waals surface area (Å²) in [6, 6.07) is 0. The average Bonchev–Trinajstić information content (AvgIpc) is 1.82. The number of hydrogen-bond acceptors (Lipinski definition) is 4. The lowest BCUT2D eigenvalue weighted by Gasteiger charge is -2.49. The molecule has 0 aromatic heterocycles. The van der Waals surface area contributed by atoms with E-state index in [9.17, 15) is 0 Å². The van der Waals surface area contributed by atoms with Crippen molar-refractivity contribution in [1.82, 2.24) is 0 Å². The van der Waals surface area contributed by atoms with Crippen molar-refractivity contribution in [3.8, 4) is 0 Å². The van der Waals surface area contributed by atoms with Crippen LogP contribution in [0.15, 0.2) is 0 Å². The second kappa shape index (κ2) is 3.04. The van der Waals surface area contributed by atoms with Gasteiger partial charge in [0.25, 0.3) is 0 Å². The maximum absolute atomic E-state index is 2.28. The van der Waals surface area contributed by atoms with Gasteiger partial charge in [-0.05, 0) is 26.4 Å². The van der Waals surface area contributed by atoms with Gasteiger partial charge < -0.3 is 0 Å². The molecule has 1 heterocycles. The van der Waals surface area contributed by atoms with Gasteiger partial charge in [-0.1, -0.05) is 0 Å². The number of thioether (sulfide) groups is 4. The van der Waals surface area contributed by atoms with Gasteiger partial charge in [0.15, 0.2) is 2.74 Å². The molecule has 0 amide bonds. The fourth-order valence-corrected chi connectivity index (χ4v) is 8.96. The van der Waals surface area contributed by atoms with E-state index in [0.717, 1.165) is 0 Å². The van der Waals surface area contributed by atoms with Gasteiger partial charge in [0.2, 0.25) is 0 Å². The molecule has 0 nitrogen and oxygen atoms in total. The zero-order valence-electron chi connectivity index (χ0n) is 6.63. The summed E-state index contributed by atoms with van der Waals surface area (Å²) < 4.78 is 0.857. The molecular weight excluding hydrogens is 200 g/mol. The number of hydrogen-bond donors (Lipinski definition) is 0. The largest absolute Gasteiger partial charge is 0.155 e. The molecule has 0 bridgehead atoms. The van der Waals surface area contributed by atoms with E-state index in [1.807, 2.05) is 23.5 Å². The maximum Gasteiger partial charge on any atom is 0.155 e. The fraction of sp³-hybridized carbons (Fsp3) is 1.00. The van der Waals surface area contributed by atoms with Gasteiger partial charge in [-0.15, -0.1) is 47.0 Å². The maximum atomic E-state index is 2.28. The van der Waals surface area contributed by atoms with Crippen LogP contribution >= 0.6 is 47.0 Å². The van der Waals surface area contributed by atoms with Gasteiger partial charge in [0.1, 0.15) is 0 Å². The Hall–Kier alpha value is 1.40. The summed E-state index contributed by atoms with van der Waals surface area (Å²) in [7, 11) is 0. The Labute approximate surface area is 80.1 Å². The minimum absolute atomic E-state index is 0.406. The summed E-state index contributed by atoms with van der Waals surface area (Å²) in [6.07, 6.45) is 4.37. The average molecular weight is 212 g/mol. The summed E-state index contributed by atoms with van der Waals surface area (Å²) in [6.45, 7) is 4.57. The molecule has 1 aliphatic rings. The van der Waals surface area contributed by atoms with E-state index >= 15 is 0 Å². The Kier molecular flexibility index (Phi) is 2.88. The van der Waals surface area contributed by atoms with Gasteiger partial charge >= 0.3 is 0 Å². The molecular formula is C6H12S4. The Morgan fingerprint density at radius 3 is 1.50 bits per heavy atom. The molecule has 1 saturated heterocycles. The standard InChI is InChI=1S/C6H12S4/c1-5(2)9-6(7-3,8-4)10-5/h1-4H3. The Morgan fingerprint density at radius 2 is 1.40 bits per heavy atom. The zero-order chi connectivity index (χ0) is 7.83. The van der Waals surface area contributed by atoms with E-state index in [0.29, 0.717) is 6.82 Å². The first-order valence-corrected chi connectivity index (χ1v) is 7.12. The summed E-state index contributed by atoms with van der Waals surface area (Å²) >= 11 is 8.03. The van der Waals surface area contributed by atoms with Crippen molar-refractivity contribution in [3.63, 3.8) is 0 Å². The first-order valence-electron chi connectivity index (χ1n) is 3.04. The van der Waals surface area contributed by atoms with Crippen LogP contribution in [0.25, 0.3) is 0 Å². The molecule has 0 radical (unpaired) electrons. The molecule has 1 aliphatic heterocycles. The van der Waals surface area contributed by atoms with Crippen molar-refractivity contribution in [1.29, 1.82) is 0 Å². The molecule has 60 valence electrons. The minimum atomic E-state index is 0.406. The summed E-state index contributed by atoms with van der Waals surface area (Å²) in [5.41, 5.74) is 0. The molecule has 0 atom stereocenters. The van der Waals surface area contributed by atoms with Crippen LogP contribution in [0.1, 0.15) is 13.8 Å². The third kappa shape index (κ3) is 1.76. The monoisotopic (exact) mass is 212 g/mol. The lowest BCUT2D eigenvalue weighted by Crippen LogP contribution is -2.34. The lowest BCUT2D eigenvalue weighted by molar-refractivity contribution is 1.01. The van der Waals surface area contributed by atoms with Crippen LogP contribution in [0.5, 0.6) is 0 Å². The molecule has 0 unspecified atom stereocenters. The van der Waals surface area contributed by atoms with Crippen molar-refractivity contribution in [2.24, 2.45) is 0 Å². The van der Waals surface area contributed by atoms with Crippen LogP contribution in [-0.2, 0) is 0 Å². The van der Waals surface area contributed by atoms with E-state index in [1.54, 1.807) is 0 Å². The highest BCUT2D eigenvalue weighted by Crippen LogP contribution is 2.72. The second-order valence-electron chi connectivity index (χ2n) is 2.51. The van der Waals surface area contributed by atoms with E-state index < -0.39 is 0 Å². The molecule has 4 heteroatoms. The van der Waals surface area contributed by atoms with Crippen LogP contribution in [-0.4, -0.2) is 19.3 Å². The van der Waals surface area contributed by atoms with Crippen LogP contribution in [0.2, 0.25) is 0 Å². The molecule has 0 aliphatic carbocycles. The highest BCUT2D eigenvalue weighted by atomic mass is 32.3. The molecule has 1 rings (SSSR count). The summed E-state index contributed by atoms with van der Waals surface area (Å²) in [4.78, 5) is 0. The van der Waals surface area contributed by atoms with Crippen LogP contribution < -0.4 is 0 Å². The van der Waals surface area contributed by atoms with E-state index in [4.69, 9.17) is 0 Å². The highest BCUT2D eigenvalue weighted by molar-refractivity contribution is 8.56. The molecule has 1 fully saturated rings. The zero-order valence-corrected chi connectivity index (χ0v) is 9.90. The van der Waals surface area contributed by atoms with Gasteiger partial charge in [-0.3, -0.25) is 0 Å². The van der Waals surface area contributed by atoms with Gasteiger partial charge in [0, 0.05) is 0 Å². The Morgan fingerprint density at radius 1 is 1.00 bits per heavy atom. The predicted molar refractivity (Wildman–Crippen MR) is 59.0 cm³/mol. The van der Waals surface area contributed by atoms with E-state index in [1.165, 1.54) is 0 Å². The van der Waals surface area contributed by atoms with E-state index in [2.05, 4.69) is 49.9 Å². The smallest absolute Gasteiger partial charge is 0.126 e. The molecule has 0 saturated carbocycles. The fourth-order valence-electron chi connectivity index (χ4n) is 0.860. The van der Waals surface area contributed by atoms with Gasteiger partial charge in [-0.2, -0.15) is 0 Å². The molecule has 0 aromatic rings. The lowest BCUT2D eigenvalue weighted by atomic mass is 10.5. The third-order valence-corrected chi connectivity index (χ3v) is 8.72.